The van der Waals surface area contributed by atoms with Crippen LogP contribution in [0, 0.1) is 5.41 Å². The molecule has 1 rings (SSSR count). The summed E-state index contributed by atoms with van der Waals surface area (Å²) in [5.41, 5.74) is 5.74. The lowest BCUT2D eigenvalue weighted by Gasteiger charge is -2.07. The molecule has 0 radical (unpaired) electrons. The van der Waals surface area contributed by atoms with E-state index in [2.05, 4.69) is 4.98 Å². The van der Waals surface area contributed by atoms with Crippen molar-refractivity contribution in [3.8, 4) is 5.88 Å². The predicted molar refractivity (Wildman–Crippen MR) is 74.3 cm³/mol. The Morgan fingerprint density at radius 3 is 2.40 bits per heavy atom. The van der Waals surface area contributed by atoms with E-state index in [0.717, 1.165) is 0 Å². The van der Waals surface area contributed by atoms with Gasteiger partial charge in [0.2, 0.25) is 5.88 Å². The second-order valence-electron chi connectivity index (χ2n) is 3.84. The Balaban J connectivity index is 2.06. The number of hydrogen-bond donors (Lipinski definition) is 2. The van der Waals surface area contributed by atoms with Crippen LogP contribution < -0.4 is 10.5 Å². The highest BCUT2D eigenvalue weighted by Crippen LogP contribution is 2.06. The second-order valence-corrected chi connectivity index (χ2v) is 3.84. The van der Waals surface area contributed by atoms with Gasteiger partial charge in [0, 0.05) is 13.2 Å². The normalized spacial score (nSPS) is 10.4. The maximum absolute atomic E-state index is 7.28. The predicted octanol–water partition coefficient (Wildman–Crippen LogP) is 0.424. The zero-order chi connectivity index (χ0) is 14.6. The van der Waals surface area contributed by atoms with Crippen molar-refractivity contribution in [3.05, 3.63) is 23.9 Å². The average molecular weight is 283 g/mol. The number of nitrogens with one attached hydrogen (secondary N) is 1. The summed E-state index contributed by atoms with van der Waals surface area (Å²) in [7, 11) is 1.63. The third-order valence-corrected chi connectivity index (χ3v) is 2.28. The largest absolute Gasteiger partial charge is 0.475 e. The first-order chi connectivity index (χ1) is 9.74. The van der Waals surface area contributed by atoms with Crippen molar-refractivity contribution in [2.75, 3.05) is 46.8 Å². The van der Waals surface area contributed by atoms with E-state index in [0.29, 0.717) is 51.2 Å². The molecular weight excluding hydrogens is 262 g/mol. The molecule has 0 aliphatic rings. The lowest BCUT2D eigenvalue weighted by molar-refractivity contribution is 0.0176. The molecule has 1 heterocycles. The maximum atomic E-state index is 7.28. The lowest BCUT2D eigenvalue weighted by Crippen LogP contribution is -2.15. The molecule has 0 fully saturated rings. The van der Waals surface area contributed by atoms with Crippen molar-refractivity contribution in [1.29, 1.82) is 5.41 Å². The number of amidine groups is 1. The Kier molecular flexibility index (Phi) is 8.28. The topological polar surface area (TPSA) is 99.7 Å². The fraction of sp³-hybridized carbons (Fsp3) is 0.538. The Hall–Kier alpha value is -1.70. The van der Waals surface area contributed by atoms with E-state index in [9.17, 15) is 0 Å². The minimum absolute atomic E-state index is 0.0834. The van der Waals surface area contributed by atoms with Crippen LogP contribution in [0.25, 0.3) is 0 Å². The number of nitrogens with two attached hydrogens (primary N) is 1. The molecule has 0 aromatic carbocycles. The minimum atomic E-state index is -0.0834. The molecule has 0 spiro atoms. The number of aromatic nitrogens is 1. The number of pyridine rings is 1. The summed E-state index contributed by atoms with van der Waals surface area (Å²) in [4.78, 5) is 4.07. The molecule has 0 saturated carbocycles. The van der Waals surface area contributed by atoms with Gasteiger partial charge in [-0.25, -0.2) is 4.98 Å². The first-order valence-electron chi connectivity index (χ1n) is 6.32. The summed E-state index contributed by atoms with van der Waals surface area (Å²) in [5, 5.41) is 7.28. The summed E-state index contributed by atoms with van der Waals surface area (Å²) in [6.45, 7) is 3.01. The summed E-state index contributed by atoms with van der Waals surface area (Å²) in [5.74, 6) is 0.345. The van der Waals surface area contributed by atoms with Crippen molar-refractivity contribution in [2.24, 2.45) is 5.73 Å². The first kappa shape index (κ1) is 16.4. The third-order valence-electron chi connectivity index (χ3n) is 2.28. The average Bonchev–Trinajstić information content (AvgIpc) is 2.46. The fourth-order valence-corrected chi connectivity index (χ4v) is 1.31. The second kappa shape index (κ2) is 10.1. The molecule has 1 aromatic heterocycles. The maximum Gasteiger partial charge on any atom is 0.213 e. The monoisotopic (exact) mass is 283 g/mol. The zero-order valence-corrected chi connectivity index (χ0v) is 11.6. The van der Waals surface area contributed by atoms with Gasteiger partial charge in [-0.1, -0.05) is 6.07 Å². The summed E-state index contributed by atoms with van der Waals surface area (Å²) < 4.78 is 20.8. The molecule has 112 valence electrons. The molecule has 0 bridgehead atoms. The fourth-order valence-electron chi connectivity index (χ4n) is 1.31. The molecular formula is C13H21N3O4. The van der Waals surface area contributed by atoms with Gasteiger partial charge in [0.25, 0.3) is 0 Å². The number of nitrogens with zero attached hydrogens (tertiary/aromatic N) is 1. The summed E-state index contributed by atoms with van der Waals surface area (Å²) in [6, 6.07) is 5.10. The number of ether oxygens (including phenoxy) is 4. The highest BCUT2D eigenvalue weighted by atomic mass is 16.6. The number of nitrogen functional groups attached to an aromatic ring is 1. The highest BCUT2D eigenvalue weighted by Gasteiger charge is 2.01. The third kappa shape index (κ3) is 7.03. The molecule has 0 aliphatic carbocycles. The lowest BCUT2D eigenvalue weighted by atomic mass is 10.3. The highest BCUT2D eigenvalue weighted by molar-refractivity contribution is 5.93. The van der Waals surface area contributed by atoms with Gasteiger partial charge in [-0.15, -0.1) is 0 Å². The molecule has 20 heavy (non-hydrogen) atoms. The standard InChI is InChI=1S/C13H21N3O4/c1-17-5-6-18-7-8-19-9-10-20-12-4-2-3-11(16-12)13(14)15/h2-4H,5-10H2,1H3,(H3,14,15). The van der Waals surface area contributed by atoms with Crippen molar-refractivity contribution >= 4 is 5.84 Å². The van der Waals surface area contributed by atoms with Gasteiger partial charge in [0.1, 0.15) is 18.1 Å². The molecule has 0 unspecified atom stereocenters. The first-order valence-corrected chi connectivity index (χ1v) is 6.32. The van der Waals surface area contributed by atoms with Crippen molar-refractivity contribution in [3.63, 3.8) is 0 Å². The van der Waals surface area contributed by atoms with E-state index < -0.39 is 0 Å². The van der Waals surface area contributed by atoms with Gasteiger partial charge >= 0.3 is 0 Å². The molecule has 0 amide bonds. The Labute approximate surface area is 118 Å². The van der Waals surface area contributed by atoms with E-state index in [1.807, 2.05) is 0 Å². The van der Waals surface area contributed by atoms with Crippen LogP contribution in [0.2, 0.25) is 0 Å². The van der Waals surface area contributed by atoms with Crippen LogP contribution in [0.4, 0.5) is 0 Å². The smallest absolute Gasteiger partial charge is 0.213 e. The van der Waals surface area contributed by atoms with E-state index in [4.69, 9.17) is 30.1 Å². The molecule has 0 atom stereocenters. The van der Waals surface area contributed by atoms with Crippen LogP contribution in [0.3, 0.4) is 0 Å². The van der Waals surface area contributed by atoms with Crippen molar-refractivity contribution in [2.45, 2.75) is 0 Å². The van der Waals surface area contributed by atoms with Crippen LogP contribution in [0.1, 0.15) is 5.69 Å². The molecule has 0 saturated heterocycles. The van der Waals surface area contributed by atoms with E-state index in [-0.39, 0.29) is 5.84 Å². The van der Waals surface area contributed by atoms with Gasteiger partial charge < -0.3 is 24.7 Å². The van der Waals surface area contributed by atoms with E-state index in [1.54, 1.807) is 25.3 Å². The van der Waals surface area contributed by atoms with Crippen molar-refractivity contribution < 1.29 is 18.9 Å². The van der Waals surface area contributed by atoms with Crippen LogP contribution in [-0.2, 0) is 14.2 Å². The summed E-state index contributed by atoms with van der Waals surface area (Å²) in [6.07, 6.45) is 0. The number of hydrogen-bond acceptors (Lipinski definition) is 6. The number of methoxy groups -OCH3 is 1. The van der Waals surface area contributed by atoms with Gasteiger partial charge in [-0.05, 0) is 6.07 Å². The molecule has 7 heteroatoms. The van der Waals surface area contributed by atoms with Crippen LogP contribution >= 0.6 is 0 Å². The van der Waals surface area contributed by atoms with E-state index >= 15 is 0 Å². The Bertz CT molecular complexity index is 401. The Morgan fingerprint density at radius 2 is 1.75 bits per heavy atom. The van der Waals surface area contributed by atoms with Crippen LogP contribution in [-0.4, -0.2) is 57.6 Å². The van der Waals surface area contributed by atoms with Crippen LogP contribution in [0.5, 0.6) is 5.88 Å². The zero-order valence-electron chi connectivity index (χ0n) is 11.6. The molecule has 3 N–H and O–H groups in total. The Morgan fingerprint density at radius 1 is 1.10 bits per heavy atom. The van der Waals surface area contributed by atoms with Crippen LogP contribution in [0.15, 0.2) is 18.2 Å². The van der Waals surface area contributed by atoms with Gasteiger partial charge in [0.15, 0.2) is 0 Å². The van der Waals surface area contributed by atoms with E-state index in [1.165, 1.54) is 0 Å². The molecule has 1 aromatic rings. The quantitative estimate of drug-likeness (QED) is 0.347. The van der Waals surface area contributed by atoms with Gasteiger partial charge in [-0.3, -0.25) is 5.41 Å². The minimum Gasteiger partial charge on any atom is -0.475 e. The SMILES string of the molecule is COCCOCCOCCOc1cccc(C(=N)N)n1. The van der Waals surface area contributed by atoms with Gasteiger partial charge in [-0.2, -0.15) is 0 Å². The molecule has 0 aliphatic heterocycles. The number of rotatable bonds is 11. The summed E-state index contributed by atoms with van der Waals surface area (Å²) >= 11 is 0. The van der Waals surface area contributed by atoms with Gasteiger partial charge in [0.05, 0.1) is 33.0 Å². The molecule has 7 nitrogen and oxygen atoms in total. The van der Waals surface area contributed by atoms with Crippen molar-refractivity contribution in [1.82, 2.24) is 4.98 Å².